The number of nitrogens with zero attached hydrogens (tertiary/aromatic N) is 1. The summed E-state index contributed by atoms with van der Waals surface area (Å²) in [6.07, 6.45) is -0.474. The van der Waals surface area contributed by atoms with Gasteiger partial charge in [-0.05, 0) is 37.1 Å². The summed E-state index contributed by atoms with van der Waals surface area (Å²) < 4.78 is 10.0. The van der Waals surface area contributed by atoms with Gasteiger partial charge in [0.1, 0.15) is 0 Å². The average Bonchev–Trinajstić information content (AvgIpc) is 2.81. The quantitative estimate of drug-likeness (QED) is 0.278. The van der Waals surface area contributed by atoms with Crippen molar-refractivity contribution in [3.8, 4) is 0 Å². The van der Waals surface area contributed by atoms with Gasteiger partial charge in [0.2, 0.25) is 5.91 Å². The Morgan fingerprint density at radius 3 is 2.31 bits per heavy atom. The van der Waals surface area contributed by atoms with Crippen molar-refractivity contribution < 1.29 is 33.6 Å². The lowest BCUT2D eigenvalue weighted by Crippen LogP contribution is -2.22. The summed E-state index contributed by atoms with van der Waals surface area (Å²) in [6.45, 7) is 5.07. The van der Waals surface area contributed by atoms with Crippen molar-refractivity contribution in [2.75, 3.05) is 23.8 Å². The van der Waals surface area contributed by atoms with Gasteiger partial charge in [0.05, 0.1) is 23.5 Å². The van der Waals surface area contributed by atoms with E-state index in [1.807, 2.05) is 13.8 Å². The molecule has 2 aromatic carbocycles. The molecule has 0 unspecified atom stereocenters. The van der Waals surface area contributed by atoms with Gasteiger partial charge in [0, 0.05) is 29.4 Å². The standard InChI is InChI=1S/C24H27N3O8/c1-15(2)13-35-24(31)17-5-4-6-18(11-17)25-21(28)9-10-23(30)34-14-22(29)26-19-8-7-16(3)20(12-19)27(32)33/h4-8,11-12,15H,9-10,13-14H2,1-3H3,(H,25,28)(H,26,29). The molecule has 35 heavy (non-hydrogen) atoms. The van der Waals surface area contributed by atoms with Gasteiger partial charge in [-0.25, -0.2) is 4.79 Å². The third-order valence-electron chi connectivity index (χ3n) is 4.54. The molecule has 0 radical (unpaired) electrons. The number of nitro benzene ring substituents is 1. The lowest BCUT2D eigenvalue weighted by atomic mass is 10.2. The number of nitro groups is 1. The van der Waals surface area contributed by atoms with Crippen LogP contribution in [0.1, 0.15) is 42.6 Å². The first-order valence-corrected chi connectivity index (χ1v) is 10.8. The minimum atomic E-state index is -0.767. The SMILES string of the molecule is Cc1ccc(NC(=O)COC(=O)CCC(=O)Nc2cccc(C(=O)OCC(C)C)c2)cc1[N+](=O)[O-]. The second kappa shape index (κ2) is 12.8. The highest BCUT2D eigenvalue weighted by atomic mass is 16.6. The molecule has 0 bridgehead atoms. The van der Waals surface area contributed by atoms with Crippen LogP contribution in [0.2, 0.25) is 0 Å². The minimum absolute atomic E-state index is 0.149. The first kappa shape index (κ1) is 27.0. The number of hydrogen-bond donors (Lipinski definition) is 2. The van der Waals surface area contributed by atoms with E-state index in [1.165, 1.54) is 24.3 Å². The molecule has 11 nitrogen and oxygen atoms in total. The number of esters is 2. The van der Waals surface area contributed by atoms with E-state index in [4.69, 9.17) is 9.47 Å². The van der Waals surface area contributed by atoms with Crippen LogP contribution < -0.4 is 10.6 Å². The van der Waals surface area contributed by atoms with Crippen molar-refractivity contribution in [2.24, 2.45) is 5.92 Å². The Kier molecular flexibility index (Phi) is 9.88. The molecule has 0 saturated carbocycles. The van der Waals surface area contributed by atoms with Gasteiger partial charge in [0.25, 0.3) is 11.6 Å². The van der Waals surface area contributed by atoms with E-state index in [2.05, 4.69) is 10.6 Å². The van der Waals surface area contributed by atoms with Gasteiger partial charge in [0.15, 0.2) is 6.61 Å². The highest BCUT2D eigenvalue weighted by molar-refractivity contribution is 5.96. The lowest BCUT2D eigenvalue weighted by Gasteiger charge is -2.09. The Morgan fingerprint density at radius 1 is 0.943 bits per heavy atom. The predicted octanol–water partition coefficient (Wildman–Crippen LogP) is 3.62. The molecule has 0 aliphatic rings. The van der Waals surface area contributed by atoms with E-state index >= 15 is 0 Å². The highest BCUT2D eigenvalue weighted by Gasteiger charge is 2.15. The Bertz CT molecular complexity index is 1110. The van der Waals surface area contributed by atoms with E-state index in [-0.39, 0.29) is 42.3 Å². The molecule has 186 valence electrons. The van der Waals surface area contributed by atoms with Gasteiger partial charge in [-0.2, -0.15) is 0 Å². The smallest absolute Gasteiger partial charge is 0.338 e. The average molecular weight is 485 g/mol. The maximum absolute atomic E-state index is 12.1. The molecule has 0 spiro atoms. The van der Waals surface area contributed by atoms with Crippen LogP contribution in [-0.4, -0.2) is 41.9 Å². The van der Waals surface area contributed by atoms with E-state index in [1.54, 1.807) is 25.1 Å². The van der Waals surface area contributed by atoms with Gasteiger partial charge in [-0.3, -0.25) is 24.5 Å². The van der Waals surface area contributed by atoms with Crippen LogP contribution in [0.25, 0.3) is 0 Å². The number of carbonyl (C=O) groups excluding carboxylic acids is 4. The second-order valence-electron chi connectivity index (χ2n) is 8.09. The predicted molar refractivity (Wildman–Crippen MR) is 127 cm³/mol. The van der Waals surface area contributed by atoms with E-state index in [0.29, 0.717) is 11.3 Å². The third kappa shape index (κ3) is 9.24. The van der Waals surface area contributed by atoms with Gasteiger partial charge in [-0.15, -0.1) is 0 Å². The molecular weight excluding hydrogens is 458 g/mol. The van der Waals surface area contributed by atoms with Gasteiger partial charge in [-0.1, -0.05) is 26.0 Å². The number of anilines is 2. The Morgan fingerprint density at radius 2 is 1.63 bits per heavy atom. The van der Waals surface area contributed by atoms with Crippen LogP contribution in [0.4, 0.5) is 17.1 Å². The first-order chi connectivity index (χ1) is 16.5. The molecule has 0 aliphatic heterocycles. The van der Waals surface area contributed by atoms with E-state index < -0.39 is 35.3 Å². The van der Waals surface area contributed by atoms with Crippen LogP contribution in [0, 0.1) is 23.0 Å². The number of hydrogen-bond acceptors (Lipinski definition) is 8. The fourth-order valence-corrected chi connectivity index (χ4v) is 2.79. The summed E-state index contributed by atoms with van der Waals surface area (Å²) in [6, 6.07) is 10.4. The van der Waals surface area contributed by atoms with Crippen molar-refractivity contribution in [1.82, 2.24) is 0 Å². The summed E-state index contributed by atoms with van der Waals surface area (Å²) in [5.41, 5.74) is 1.14. The summed E-state index contributed by atoms with van der Waals surface area (Å²) in [4.78, 5) is 58.4. The van der Waals surface area contributed by atoms with E-state index in [9.17, 15) is 29.3 Å². The topological polar surface area (TPSA) is 154 Å². The molecule has 0 fully saturated rings. The molecule has 2 aromatic rings. The molecule has 0 heterocycles. The zero-order valence-electron chi connectivity index (χ0n) is 19.7. The number of aryl methyl sites for hydroxylation is 1. The first-order valence-electron chi connectivity index (χ1n) is 10.8. The van der Waals surface area contributed by atoms with Crippen LogP contribution in [0.5, 0.6) is 0 Å². The number of amides is 2. The molecule has 11 heteroatoms. The molecule has 0 aliphatic carbocycles. The molecule has 2 amide bonds. The normalized spacial score (nSPS) is 10.4. The number of nitrogens with one attached hydrogen (secondary N) is 2. The van der Waals surface area contributed by atoms with Gasteiger partial charge < -0.3 is 20.1 Å². The second-order valence-corrected chi connectivity index (χ2v) is 8.09. The Balaban J connectivity index is 1.76. The number of benzene rings is 2. The molecule has 2 rings (SSSR count). The van der Waals surface area contributed by atoms with Crippen molar-refractivity contribution in [1.29, 1.82) is 0 Å². The third-order valence-corrected chi connectivity index (χ3v) is 4.54. The number of carbonyl (C=O) groups is 4. The maximum atomic E-state index is 12.1. The summed E-state index contributed by atoms with van der Waals surface area (Å²) in [5, 5.41) is 16.0. The fraction of sp³-hybridized carbons (Fsp3) is 0.333. The highest BCUT2D eigenvalue weighted by Crippen LogP contribution is 2.22. The van der Waals surface area contributed by atoms with Crippen molar-refractivity contribution >= 4 is 40.8 Å². The van der Waals surface area contributed by atoms with Crippen LogP contribution in [0.3, 0.4) is 0 Å². The molecule has 0 saturated heterocycles. The number of rotatable bonds is 11. The molecule has 0 aromatic heterocycles. The monoisotopic (exact) mass is 485 g/mol. The Labute approximate surface area is 201 Å². The lowest BCUT2D eigenvalue weighted by molar-refractivity contribution is -0.385. The summed E-state index contributed by atoms with van der Waals surface area (Å²) in [5.74, 6) is -2.24. The maximum Gasteiger partial charge on any atom is 0.338 e. The minimum Gasteiger partial charge on any atom is -0.462 e. The van der Waals surface area contributed by atoms with Gasteiger partial charge >= 0.3 is 11.9 Å². The Hall–Kier alpha value is -4.28. The zero-order chi connectivity index (χ0) is 26.0. The molecule has 0 atom stereocenters. The van der Waals surface area contributed by atoms with Crippen LogP contribution in [0.15, 0.2) is 42.5 Å². The van der Waals surface area contributed by atoms with Crippen LogP contribution >= 0.6 is 0 Å². The van der Waals surface area contributed by atoms with E-state index in [0.717, 1.165) is 0 Å². The summed E-state index contributed by atoms with van der Waals surface area (Å²) >= 11 is 0. The molecule has 2 N–H and O–H groups in total. The van der Waals surface area contributed by atoms with Crippen molar-refractivity contribution in [3.05, 3.63) is 63.7 Å². The summed E-state index contributed by atoms with van der Waals surface area (Å²) in [7, 11) is 0. The number of ether oxygens (including phenoxy) is 2. The van der Waals surface area contributed by atoms with Crippen LogP contribution in [-0.2, 0) is 23.9 Å². The molecular formula is C24H27N3O8. The largest absolute Gasteiger partial charge is 0.462 e. The van der Waals surface area contributed by atoms with Crippen molar-refractivity contribution in [3.63, 3.8) is 0 Å². The van der Waals surface area contributed by atoms with Crippen molar-refractivity contribution in [2.45, 2.75) is 33.6 Å². The zero-order valence-corrected chi connectivity index (χ0v) is 19.7. The fourth-order valence-electron chi connectivity index (χ4n) is 2.79.